The maximum absolute atomic E-state index is 4.36. The molecule has 0 atom stereocenters. The largest absolute Gasteiger partial charge is 0.356 e. The van der Waals surface area contributed by atoms with Crippen LogP contribution in [0.25, 0.3) is 0 Å². The Balaban J connectivity index is 2.09. The van der Waals surface area contributed by atoms with Crippen LogP contribution in [0.2, 0.25) is 0 Å². The van der Waals surface area contributed by atoms with Crippen LogP contribution in [-0.4, -0.2) is 36.1 Å². The van der Waals surface area contributed by atoms with Gasteiger partial charge in [0.15, 0.2) is 0 Å². The fourth-order valence-electron chi connectivity index (χ4n) is 2.15. The summed E-state index contributed by atoms with van der Waals surface area (Å²) in [5, 5.41) is 3.38. The van der Waals surface area contributed by atoms with Crippen LogP contribution in [0.5, 0.6) is 0 Å². The van der Waals surface area contributed by atoms with E-state index in [9.17, 15) is 0 Å². The molecule has 0 radical (unpaired) electrons. The van der Waals surface area contributed by atoms with E-state index < -0.39 is 0 Å². The van der Waals surface area contributed by atoms with E-state index in [4.69, 9.17) is 0 Å². The summed E-state index contributed by atoms with van der Waals surface area (Å²) >= 11 is 0. The first-order chi connectivity index (χ1) is 7.81. The minimum Gasteiger partial charge on any atom is -0.356 e. The number of aryl methyl sites for hydroxylation is 1. The van der Waals surface area contributed by atoms with Crippen molar-refractivity contribution in [2.75, 3.05) is 25.0 Å². The fourth-order valence-corrected chi connectivity index (χ4v) is 2.15. The third kappa shape index (κ3) is 2.50. The minimum atomic E-state index is 0.612. The first-order valence-corrected chi connectivity index (χ1v) is 6.05. The number of aromatic nitrogens is 2. The molecular formula is C12H20N4. The van der Waals surface area contributed by atoms with E-state index in [2.05, 4.69) is 40.2 Å². The second-order valence-electron chi connectivity index (χ2n) is 4.31. The highest BCUT2D eigenvalue weighted by Crippen LogP contribution is 2.17. The Kier molecular flexibility index (Phi) is 3.72. The van der Waals surface area contributed by atoms with Gasteiger partial charge in [-0.25, -0.2) is 9.97 Å². The van der Waals surface area contributed by atoms with Crippen LogP contribution < -0.4 is 10.2 Å². The molecule has 1 aliphatic heterocycles. The van der Waals surface area contributed by atoms with E-state index in [0.717, 1.165) is 31.0 Å². The average molecular weight is 220 g/mol. The zero-order chi connectivity index (χ0) is 11.4. The van der Waals surface area contributed by atoms with Crippen molar-refractivity contribution in [1.82, 2.24) is 15.3 Å². The van der Waals surface area contributed by atoms with Crippen LogP contribution in [0.4, 0.5) is 5.82 Å². The maximum Gasteiger partial charge on any atom is 0.132 e. The summed E-state index contributed by atoms with van der Waals surface area (Å²) in [7, 11) is 2.14. The van der Waals surface area contributed by atoms with Gasteiger partial charge in [0.1, 0.15) is 12.1 Å². The summed E-state index contributed by atoms with van der Waals surface area (Å²) in [6.07, 6.45) is 5.03. The van der Waals surface area contributed by atoms with Gasteiger partial charge in [0, 0.05) is 24.8 Å². The summed E-state index contributed by atoms with van der Waals surface area (Å²) < 4.78 is 0. The summed E-state index contributed by atoms with van der Waals surface area (Å²) in [6, 6.07) is 2.71. The van der Waals surface area contributed by atoms with Crippen LogP contribution >= 0.6 is 0 Å². The van der Waals surface area contributed by atoms with E-state index in [1.807, 2.05) is 0 Å². The van der Waals surface area contributed by atoms with Crippen molar-refractivity contribution in [1.29, 1.82) is 0 Å². The predicted molar refractivity (Wildman–Crippen MR) is 65.7 cm³/mol. The van der Waals surface area contributed by atoms with Crippen molar-refractivity contribution in [2.24, 2.45) is 0 Å². The quantitative estimate of drug-likeness (QED) is 0.832. The van der Waals surface area contributed by atoms with Crippen molar-refractivity contribution >= 4 is 5.82 Å². The van der Waals surface area contributed by atoms with Gasteiger partial charge in [-0.1, -0.05) is 6.92 Å². The molecule has 0 aliphatic carbocycles. The smallest absolute Gasteiger partial charge is 0.132 e. The molecular weight excluding hydrogens is 200 g/mol. The van der Waals surface area contributed by atoms with E-state index in [-0.39, 0.29) is 0 Å². The zero-order valence-electron chi connectivity index (χ0n) is 10.1. The van der Waals surface area contributed by atoms with Crippen LogP contribution in [0, 0.1) is 0 Å². The van der Waals surface area contributed by atoms with Crippen LogP contribution in [0.15, 0.2) is 12.4 Å². The molecule has 4 heteroatoms. The Bertz CT molecular complexity index is 334. The molecule has 16 heavy (non-hydrogen) atoms. The molecule has 1 aromatic heterocycles. The monoisotopic (exact) mass is 220 g/mol. The molecule has 0 bridgehead atoms. The van der Waals surface area contributed by atoms with Gasteiger partial charge in [-0.3, -0.25) is 0 Å². The number of hydrogen-bond donors (Lipinski definition) is 1. The van der Waals surface area contributed by atoms with Crippen molar-refractivity contribution in [2.45, 2.75) is 32.2 Å². The predicted octanol–water partition coefficient (Wildman–Crippen LogP) is 1.23. The van der Waals surface area contributed by atoms with Crippen molar-refractivity contribution < 1.29 is 0 Å². The number of nitrogens with one attached hydrogen (secondary N) is 1. The molecule has 1 N–H and O–H groups in total. The Morgan fingerprint density at radius 1 is 1.38 bits per heavy atom. The normalized spacial score (nSPS) is 17.4. The van der Waals surface area contributed by atoms with Crippen LogP contribution in [0.3, 0.4) is 0 Å². The molecule has 0 spiro atoms. The standard InChI is InChI=1S/C12H20N4/c1-3-10-8-12(15-9-14-10)16(2)11-4-6-13-7-5-11/h8-9,11,13H,3-7H2,1-2H3. The third-order valence-electron chi connectivity index (χ3n) is 3.29. The van der Waals surface area contributed by atoms with Crippen LogP contribution in [-0.2, 0) is 6.42 Å². The van der Waals surface area contributed by atoms with Gasteiger partial charge in [-0.2, -0.15) is 0 Å². The molecule has 1 saturated heterocycles. The molecule has 0 saturated carbocycles. The molecule has 2 heterocycles. The lowest BCUT2D eigenvalue weighted by Gasteiger charge is -2.32. The first-order valence-electron chi connectivity index (χ1n) is 6.05. The SMILES string of the molecule is CCc1cc(N(C)C2CCNCC2)ncn1. The van der Waals surface area contributed by atoms with Gasteiger partial charge in [-0.15, -0.1) is 0 Å². The summed E-state index contributed by atoms with van der Waals surface area (Å²) in [6.45, 7) is 4.35. The number of hydrogen-bond acceptors (Lipinski definition) is 4. The fraction of sp³-hybridized carbons (Fsp3) is 0.667. The molecule has 0 aromatic carbocycles. The summed E-state index contributed by atoms with van der Waals surface area (Å²) in [5.41, 5.74) is 1.12. The number of nitrogens with zero attached hydrogens (tertiary/aromatic N) is 3. The third-order valence-corrected chi connectivity index (χ3v) is 3.29. The second kappa shape index (κ2) is 5.25. The first kappa shape index (κ1) is 11.3. The van der Waals surface area contributed by atoms with Gasteiger partial charge in [0.2, 0.25) is 0 Å². The van der Waals surface area contributed by atoms with Gasteiger partial charge in [0.25, 0.3) is 0 Å². The molecule has 4 nitrogen and oxygen atoms in total. The van der Waals surface area contributed by atoms with Crippen molar-refractivity contribution in [3.63, 3.8) is 0 Å². The Morgan fingerprint density at radius 3 is 2.81 bits per heavy atom. The topological polar surface area (TPSA) is 41.0 Å². The highest BCUT2D eigenvalue weighted by molar-refractivity contribution is 5.39. The highest BCUT2D eigenvalue weighted by Gasteiger charge is 2.18. The second-order valence-corrected chi connectivity index (χ2v) is 4.31. The molecule has 0 unspecified atom stereocenters. The highest BCUT2D eigenvalue weighted by atomic mass is 15.2. The number of anilines is 1. The van der Waals surface area contributed by atoms with E-state index in [0.29, 0.717) is 6.04 Å². The molecule has 1 aromatic rings. The Hall–Kier alpha value is -1.16. The van der Waals surface area contributed by atoms with Crippen molar-refractivity contribution in [3.8, 4) is 0 Å². The Labute approximate surface area is 97.1 Å². The van der Waals surface area contributed by atoms with Gasteiger partial charge < -0.3 is 10.2 Å². The minimum absolute atomic E-state index is 0.612. The number of rotatable bonds is 3. The maximum atomic E-state index is 4.36. The van der Waals surface area contributed by atoms with Crippen molar-refractivity contribution in [3.05, 3.63) is 18.1 Å². The van der Waals surface area contributed by atoms with E-state index in [1.54, 1.807) is 6.33 Å². The lowest BCUT2D eigenvalue weighted by atomic mass is 10.1. The molecule has 1 fully saturated rings. The van der Waals surface area contributed by atoms with Gasteiger partial charge in [0.05, 0.1) is 0 Å². The molecule has 0 amide bonds. The lowest BCUT2D eigenvalue weighted by molar-refractivity contribution is 0.441. The summed E-state index contributed by atoms with van der Waals surface area (Å²) in [4.78, 5) is 10.9. The number of piperidine rings is 1. The molecule has 88 valence electrons. The molecule has 1 aliphatic rings. The summed E-state index contributed by atoms with van der Waals surface area (Å²) in [5.74, 6) is 1.05. The van der Waals surface area contributed by atoms with Gasteiger partial charge >= 0.3 is 0 Å². The van der Waals surface area contributed by atoms with Crippen LogP contribution in [0.1, 0.15) is 25.5 Å². The average Bonchev–Trinajstić information content (AvgIpc) is 2.39. The lowest BCUT2D eigenvalue weighted by Crippen LogP contribution is -2.41. The van der Waals surface area contributed by atoms with E-state index >= 15 is 0 Å². The zero-order valence-corrected chi connectivity index (χ0v) is 10.1. The van der Waals surface area contributed by atoms with E-state index in [1.165, 1.54) is 12.8 Å². The molecule has 2 rings (SSSR count). The Morgan fingerprint density at radius 2 is 2.12 bits per heavy atom. The van der Waals surface area contributed by atoms with Gasteiger partial charge in [-0.05, 0) is 32.4 Å².